The standard InChI is InChI=1S/C25H25F3N2O2/c1-30(16-22-9-5-6-10-23(22)21-7-3-2-4-8-21)24(31)29-15-19-11-13-20(14-12-19)17-32-18-25(26,27)28/h2-14H,15-18H2,1H3,(H,29,31). The van der Waals surface area contributed by atoms with Crippen molar-refractivity contribution < 1.29 is 22.7 Å². The summed E-state index contributed by atoms with van der Waals surface area (Å²) >= 11 is 0. The molecule has 0 aliphatic rings. The lowest BCUT2D eigenvalue weighted by molar-refractivity contribution is -0.176. The molecular formula is C25H25F3N2O2. The maximum Gasteiger partial charge on any atom is 0.411 e. The van der Waals surface area contributed by atoms with Crippen LogP contribution in [0.25, 0.3) is 11.1 Å². The van der Waals surface area contributed by atoms with E-state index in [0.29, 0.717) is 18.7 Å². The molecule has 32 heavy (non-hydrogen) atoms. The molecule has 0 bridgehead atoms. The van der Waals surface area contributed by atoms with Gasteiger partial charge in [-0.05, 0) is 27.8 Å². The van der Waals surface area contributed by atoms with Gasteiger partial charge in [0.15, 0.2) is 0 Å². The van der Waals surface area contributed by atoms with Crippen molar-refractivity contribution in [3.63, 3.8) is 0 Å². The first-order valence-corrected chi connectivity index (χ1v) is 10.2. The summed E-state index contributed by atoms with van der Waals surface area (Å²) in [5.74, 6) is 0. The maximum atomic E-state index is 12.6. The molecule has 0 aliphatic carbocycles. The summed E-state index contributed by atoms with van der Waals surface area (Å²) in [6, 6.07) is 24.7. The van der Waals surface area contributed by atoms with E-state index in [0.717, 1.165) is 22.3 Å². The highest BCUT2D eigenvalue weighted by molar-refractivity contribution is 5.75. The van der Waals surface area contributed by atoms with E-state index in [2.05, 4.69) is 10.1 Å². The zero-order chi connectivity index (χ0) is 23.0. The predicted molar refractivity (Wildman–Crippen MR) is 118 cm³/mol. The van der Waals surface area contributed by atoms with Gasteiger partial charge < -0.3 is 15.0 Å². The number of hydrogen-bond donors (Lipinski definition) is 1. The quantitative estimate of drug-likeness (QED) is 0.481. The second kappa shape index (κ2) is 10.8. The molecule has 168 valence electrons. The fourth-order valence-electron chi connectivity index (χ4n) is 3.24. The molecule has 3 aromatic rings. The number of benzene rings is 3. The van der Waals surface area contributed by atoms with Crippen LogP contribution in [0.3, 0.4) is 0 Å². The normalized spacial score (nSPS) is 11.2. The van der Waals surface area contributed by atoms with E-state index in [-0.39, 0.29) is 12.6 Å². The summed E-state index contributed by atoms with van der Waals surface area (Å²) < 4.78 is 41.1. The average molecular weight is 442 g/mol. The van der Waals surface area contributed by atoms with Crippen LogP contribution in [0.5, 0.6) is 0 Å². The van der Waals surface area contributed by atoms with Crippen LogP contribution < -0.4 is 5.32 Å². The van der Waals surface area contributed by atoms with Crippen molar-refractivity contribution in [2.24, 2.45) is 0 Å². The molecule has 0 aromatic heterocycles. The number of hydrogen-bond acceptors (Lipinski definition) is 2. The van der Waals surface area contributed by atoms with E-state index in [9.17, 15) is 18.0 Å². The Morgan fingerprint density at radius 2 is 1.53 bits per heavy atom. The van der Waals surface area contributed by atoms with E-state index < -0.39 is 12.8 Å². The minimum absolute atomic E-state index is 0.115. The van der Waals surface area contributed by atoms with Crippen LogP contribution in [0, 0.1) is 0 Å². The lowest BCUT2D eigenvalue weighted by Gasteiger charge is -2.20. The Bertz CT molecular complexity index is 1010. The van der Waals surface area contributed by atoms with Gasteiger partial charge in [0.1, 0.15) is 6.61 Å². The Kier molecular flexibility index (Phi) is 7.89. The van der Waals surface area contributed by atoms with Crippen molar-refractivity contribution >= 4 is 6.03 Å². The Labute approximate surface area is 185 Å². The Hall–Kier alpha value is -3.32. The molecular weight excluding hydrogens is 417 g/mol. The van der Waals surface area contributed by atoms with Gasteiger partial charge in [0.25, 0.3) is 0 Å². The summed E-state index contributed by atoms with van der Waals surface area (Å²) in [4.78, 5) is 14.2. The second-order valence-electron chi connectivity index (χ2n) is 7.46. The number of carbonyl (C=O) groups is 1. The number of nitrogens with one attached hydrogen (secondary N) is 1. The molecule has 4 nitrogen and oxygen atoms in total. The van der Waals surface area contributed by atoms with Crippen molar-refractivity contribution in [1.82, 2.24) is 10.2 Å². The van der Waals surface area contributed by atoms with Gasteiger partial charge in [0, 0.05) is 20.1 Å². The van der Waals surface area contributed by atoms with Crippen LogP contribution in [0.2, 0.25) is 0 Å². The van der Waals surface area contributed by atoms with Gasteiger partial charge in [-0.2, -0.15) is 13.2 Å². The van der Waals surface area contributed by atoms with Crippen molar-refractivity contribution in [3.8, 4) is 11.1 Å². The number of ether oxygens (including phenoxy) is 1. The monoisotopic (exact) mass is 442 g/mol. The number of urea groups is 1. The van der Waals surface area contributed by atoms with E-state index in [4.69, 9.17) is 0 Å². The summed E-state index contributed by atoms with van der Waals surface area (Å²) in [7, 11) is 1.73. The molecule has 0 radical (unpaired) electrons. The number of halogens is 3. The maximum absolute atomic E-state index is 12.6. The van der Waals surface area contributed by atoms with Crippen LogP contribution in [0.1, 0.15) is 16.7 Å². The van der Waals surface area contributed by atoms with Crippen LogP contribution in [0.15, 0.2) is 78.9 Å². The Morgan fingerprint density at radius 3 is 2.22 bits per heavy atom. The third-order valence-corrected chi connectivity index (χ3v) is 4.86. The number of rotatable bonds is 8. The SMILES string of the molecule is CN(Cc1ccccc1-c1ccccc1)C(=O)NCc1ccc(COCC(F)(F)F)cc1. The van der Waals surface area contributed by atoms with E-state index >= 15 is 0 Å². The zero-order valence-electron chi connectivity index (χ0n) is 17.7. The predicted octanol–water partition coefficient (Wildman–Crippen LogP) is 5.77. The minimum atomic E-state index is -4.34. The molecule has 3 aromatic carbocycles. The van der Waals surface area contributed by atoms with Crippen molar-refractivity contribution in [2.75, 3.05) is 13.7 Å². The van der Waals surface area contributed by atoms with E-state index in [1.807, 2.05) is 54.6 Å². The van der Waals surface area contributed by atoms with Gasteiger partial charge >= 0.3 is 12.2 Å². The largest absolute Gasteiger partial charge is 0.411 e. The molecule has 2 amide bonds. The van der Waals surface area contributed by atoms with Crippen LogP contribution in [-0.2, 0) is 24.4 Å². The first-order valence-electron chi connectivity index (χ1n) is 10.2. The molecule has 0 atom stereocenters. The molecule has 0 heterocycles. The second-order valence-corrected chi connectivity index (χ2v) is 7.46. The fourth-order valence-corrected chi connectivity index (χ4v) is 3.24. The van der Waals surface area contributed by atoms with Crippen molar-refractivity contribution in [3.05, 3.63) is 95.6 Å². The smallest absolute Gasteiger partial charge is 0.367 e. The van der Waals surface area contributed by atoms with Crippen LogP contribution >= 0.6 is 0 Å². The number of carbonyl (C=O) groups excluding carboxylic acids is 1. The highest BCUT2D eigenvalue weighted by Gasteiger charge is 2.27. The van der Waals surface area contributed by atoms with E-state index in [1.54, 1.807) is 36.2 Å². The molecule has 0 unspecified atom stereocenters. The topological polar surface area (TPSA) is 41.6 Å². The number of nitrogens with zero attached hydrogens (tertiary/aromatic N) is 1. The molecule has 3 rings (SSSR count). The van der Waals surface area contributed by atoms with Gasteiger partial charge in [0.05, 0.1) is 6.61 Å². The third-order valence-electron chi connectivity index (χ3n) is 4.86. The van der Waals surface area contributed by atoms with Crippen molar-refractivity contribution in [1.29, 1.82) is 0 Å². The first kappa shape index (κ1) is 23.3. The van der Waals surface area contributed by atoms with Gasteiger partial charge in [-0.3, -0.25) is 0 Å². The lowest BCUT2D eigenvalue weighted by atomic mass is 9.99. The highest BCUT2D eigenvalue weighted by Crippen LogP contribution is 2.24. The first-order chi connectivity index (χ1) is 15.3. The third kappa shape index (κ3) is 7.13. The highest BCUT2D eigenvalue weighted by atomic mass is 19.4. The summed E-state index contributed by atoms with van der Waals surface area (Å²) in [5, 5.41) is 2.87. The van der Waals surface area contributed by atoms with Gasteiger partial charge in [-0.15, -0.1) is 0 Å². The van der Waals surface area contributed by atoms with Crippen LogP contribution in [-0.4, -0.2) is 30.8 Å². The number of amides is 2. The molecule has 0 saturated carbocycles. The molecule has 0 spiro atoms. The average Bonchev–Trinajstić information content (AvgIpc) is 2.78. The molecule has 1 N–H and O–H groups in total. The van der Waals surface area contributed by atoms with Gasteiger partial charge in [0.2, 0.25) is 0 Å². The molecule has 0 saturated heterocycles. The van der Waals surface area contributed by atoms with E-state index in [1.165, 1.54) is 0 Å². The fraction of sp³-hybridized carbons (Fsp3) is 0.240. The lowest BCUT2D eigenvalue weighted by Crippen LogP contribution is -2.36. The zero-order valence-corrected chi connectivity index (χ0v) is 17.7. The summed E-state index contributed by atoms with van der Waals surface area (Å²) in [6.45, 7) is -0.625. The Morgan fingerprint density at radius 1 is 0.906 bits per heavy atom. The molecule has 7 heteroatoms. The molecule has 0 aliphatic heterocycles. The van der Waals surface area contributed by atoms with Crippen LogP contribution in [0.4, 0.5) is 18.0 Å². The number of alkyl halides is 3. The summed E-state index contributed by atoms with van der Waals surface area (Å²) in [5.41, 5.74) is 4.70. The Balaban J connectivity index is 1.52. The van der Waals surface area contributed by atoms with Gasteiger partial charge in [-0.25, -0.2) is 4.79 Å². The van der Waals surface area contributed by atoms with Crippen molar-refractivity contribution in [2.45, 2.75) is 25.9 Å². The molecule has 0 fully saturated rings. The minimum Gasteiger partial charge on any atom is -0.367 e. The summed E-state index contributed by atoms with van der Waals surface area (Å²) in [6.07, 6.45) is -4.34. The van der Waals surface area contributed by atoms with Gasteiger partial charge in [-0.1, -0.05) is 78.9 Å².